The molecule has 1 atom stereocenters. The second kappa shape index (κ2) is 9.40. The fraction of sp³-hybridized carbons (Fsp3) is 0.258. The highest BCUT2D eigenvalue weighted by atomic mass is 32.1. The number of Topliss-reactive ketones (excluding diaryl/α,β-unsaturated/α-hetero) is 1. The van der Waals surface area contributed by atoms with Crippen molar-refractivity contribution in [3.63, 3.8) is 0 Å². The number of hydrogen-bond acceptors (Lipinski definition) is 6. The standard InChI is InChI=1S/C31H30N2O4S/c1-17-7-13-22-24(15-17)38-30(32-22)33-26(19-8-11-21(12-9-19)31(3,4)5)25(28(35)29(33)36)27(34)20-10-14-23(37-6)18(2)16-20/h7-16,26,34H,1-6H3/b27-25+/t26-/m1/s1. The molecule has 0 radical (unpaired) electrons. The predicted molar refractivity (Wildman–Crippen MR) is 152 cm³/mol. The minimum absolute atomic E-state index is 0.0403. The molecule has 1 amide bonds. The number of nitrogens with zero attached hydrogens (tertiary/aromatic N) is 2. The van der Waals surface area contributed by atoms with Crippen molar-refractivity contribution in [1.82, 2.24) is 4.98 Å². The number of rotatable bonds is 4. The first-order valence-electron chi connectivity index (χ1n) is 12.4. The minimum atomic E-state index is -0.826. The second-order valence-electron chi connectivity index (χ2n) is 10.7. The van der Waals surface area contributed by atoms with E-state index in [1.165, 1.54) is 16.2 Å². The third-order valence-corrected chi connectivity index (χ3v) is 7.96. The summed E-state index contributed by atoms with van der Waals surface area (Å²) in [6, 6.07) is 18.1. The van der Waals surface area contributed by atoms with Gasteiger partial charge in [0.05, 0.1) is 28.9 Å². The highest BCUT2D eigenvalue weighted by Gasteiger charge is 2.48. The number of aliphatic hydroxyl groups is 1. The summed E-state index contributed by atoms with van der Waals surface area (Å²) in [6.45, 7) is 10.2. The lowest BCUT2D eigenvalue weighted by Crippen LogP contribution is -2.29. The van der Waals surface area contributed by atoms with Gasteiger partial charge in [0, 0.05) is 5.56 Å². The topological polar surface area (TPSA) is 79.7 Å². The van der Waals surface area contributed by atoms with E-state index in [0.717, 1.165) is 32.5 Å². The summed E-state index contributed by atoms with van der Waals surface area (Å²) in [5, 5.41) is 11.9. The second-order valence-corrected chi connectivity index (χ2v) is 11.7. The number of thiazole rings is 1. The lowest BCUT2D eigenvalue weighted by Gasteiger charge is -2.24. The molecule has 7 heteroatoms. The average Bonchev–Trinajstić information content (AvgIpc) is 3.40. The van der Waals surface area contributed by atoms with Gasteiger partial charge < -0.3 is 9.84 Å². The molecule has 4 aromatic rings. The molecule has 194 valence electrons. The lowest BCUT2D eigenvalue weighted by atomic mass is 9.85. The molecular weight excluding hydrogens is 496 g/mol. The van der Waals surface area contributed by atoms with Gasteiger partial charge in [-0.2, -0.15) is 0 Å². The smallest absolute Gasteiger partial charge is 0.301 e. The average molecular weight is 527 g/mol. The molecule has 0 saturated carbocycles. The Labute approximate surface area is 226 Å². The number of methoxy groups -OCH3 is 1. The van der Waals surface area contributed by atoms with Gasteiger partial charge in [-0.05, 0) is 71.8 Å². The quantitative estimate of drug-likeness (QED) is 0.179. The third-order valence-electron chi connectivity index (χ3n) is 6.94. The van der Waals surface area contributed by atoms with Crippen LogP contribution in [0.25, 0.3) is 16.0 Å². The van der Waals surface area contributed by atoms with E-state index in [2.05, 4.69) is 20.8 Å². The number of ketones is 1. The van der Waals surface area contributed by atoms with Crippen LogP contribution in [0.3, 0.4) is 0 Å². The van der Waals surface area contributed by atoms with Gasteiger partial charge in [0.25, 0.3) is 5.78 Å². The summed E-state index contributed by atoms with van der Waals surface area (Å²) >= 11 is 1.36. The molecule has 1 fully saturated rings. The number of aryl methyl sites for hydroxylation is 2. The van der Waals surface area contributed by atoms with E-state index in [0.29, 0.717) is 16.4 Å². The van der Waals surface area contributed by atoms with Gasteiger partial charge in [-0.15, -0.1) is 0 Å². The summed E-state index contributed by atoms with van der Waals surface area (Å²) < 4.78 is 6.28. The van der Waals surface area contributed by atoms with Crippen molar-refractivity contribution in [2.75, 3.05) is 12.0 Å². The highest BCUT2D eigenvalue weighted by Crippen LogP contribution is 2.45. The van der Waals surface area contributed by atoms with Gasteiger partial charge in [-0.1, -0.05) is 62.4 Å². The maximum Gasteiger partial charge on any atom is 0.301 e. The number of amides is 1. The molecule has 1 aromatic heterocycles. The van der Waals surface area contributed by atoms with Gasteiger partial charge in [0.2, 0.25) is 0 Å². The molecule has 0 spiro atoms. The summed E-state index contributed by atoms with van der Waals surface area (Å²) in [7, 11) is 1.58. The molecule has 0 aliphatic carbocycles. The fourth-order valence-electron chi connectivity index (χ4n) is 4.81. The van der Waals surface area contributed by atoms with E-state index in [1.54, 1.807) is 25.3 Å². The number of ether oxygens (including phenoxy) is 1. The van der Waals surface area contributed by atoms with E-state index in [1.807, 2.05) is 56.3 Å². The Hall–Kier alpha value is -3.97. The SMILES string of the molecule is COc1ccc(/C(O)=C2\C(=O)C(=O)N(c3nc4ccc(C)cc4s3)[C@@H]2c2ccc(C(C)(C)C)cc2)cc1C. The van der Waals surface area contributed by atoms with Gasteiger partial charge in [-0.3, -0.25) is 14.5 Å². The number of carbonyl (C=O) groups excluding carboxylic acids is 2. The number of benzene rings is 3. The molecule has 1 aliphatic heterocycles. The van der Waals surface area contributed by atoms with Crippen molar-refractivity contribution in [1.29, 1.82) is 0 Å². The van der Waals surface area contributed by atoms with Crippen LogP contribution in [0.2, 0.25) is 0 Å². The summed E-state index contributed by atoms with van der Waals surface area (Å²) in [5.74, 6) is -1.01. The fourth-order valence-corrected chi connectivity index (χ4v) is 5.91. The lowest BCUT2D eigenvalue weighted by molar-refractivity contribution is -0.132. The summed E-state index contributed by atoms with van der Waals surface area (Å²) in [4.78, 5) is 33.2. The van der Waals surface area contributed by atoms with Crippen LogP contribution in [0.1, 0.15) is 54.6 Å². The number of aliphatic hydroxyl groups excluding tert-OH is 1. The molecule has 3 aromatic carbocycles. The Balaban J connectivity index is 1.71. The first kappa shape index (κ1) is 25.7. The van der Waals surface area contributed by atoms with Gasteiger partial charge in [0.15, 0.2) is 5.13 Å². The van der Waals surface area contributed by atoms with Crippen molar-refractivity contribution in [2.24, 2.45) is 0 Å². The molecule has 1 aliphatic rings. The molecule has 5 rings (SSSR count). The van der Waals surface area contributed by atoms with Crippen molar-refractivity contribution in [2.45, 2.75) is 46.1 Å². The van der Waals surface area contributed by atoms with Crippen LogP contribution in [-0.2, 0) is 15.0 Å². The Morgan fingerprint density at radius 3 is 2.34 bits per heavy atom. The normalized spacial score (nSPS) is 17.4. The number of fused-ring (bicyclic) bond motifs is 1. The first-order chi connectivity index (χ1) is 18.0. The summed E-state index contributed by atoms with van der Waals surface area (Å²) in [5.41, 5.74) is 4.91. The van der Waals surface area contributed by atoms with Crippen LogP contribution >= 0.6 is 11.3 Å². The number of carbonyl (C=O) groups is 2. The van der Waals surface area contributed by atoms with Crippen molar-refractivity contribution in [3.8, 4) is 5.75 Å². The number of anilines is 1. The van der Waals surface area contributed by atoms with Crippen molar-refractivity contribution < 1.29 is 19.4 Å². The molecule has 38 heavy (non-hydrogen) atoms. The molecule has 1 N–H and O–H groups in total. The van der Waals surface area contributed by atoms with Crippen LogP contribution in [0.15, 0.2) is 66.2 Å². The molecule has 0 unspecified atom stereocenters. The minimum Gasteiger partial charge on any atom is -0.507 e. The third kappa shape index (κ3) is 4.37. The highest BCUT2D eigenvalue weighted by molar-refractivity contribution is 7.22. The van der Waals surface area contributed by atoms with Crippen LogP contribution in [0, 0.1) is 13.8 Å². The largest absolute Gasteiger partial charge is 0.507 e. The zero-order valence-corrected chi connectivity index (χ0v) is 23.1. The van der Waals surface area contributed by atoms with E-state index >= 15 is 0 Å². The Bertz CT molecular complexity index is 1610. The van der Waals surface area contributed by atoms with E-state index in [-0.39, 0.29) is 16.7 Å². The zero-order valence-electron chi connectivity index (χ0n) is 22.3. The molecular formula is C31H30N2O4S. The summed E-state index contributed by atoms with van der Waals surface area (Å²) in [6.07, 6.45) is 0. The molecule has 2 heterocycles. The van der Waals surface area contributed by atoms with Crippen LogP contribution in [-0.4, -0.2) is 28.9 Å². The van der Waals surface area contributed by atoms with E-state index in [9.17, 15) is 14.7 Å². The van der Waals surface area contributed by atoms with Gasteiger partial charge >= 0.3 is 5.91 Å². The predicted octanol–water partition coefficient (Wildman–Crippen LogP) is 6.85. The van der Waals surface area contributed by atoms with E-state index < -0.39 is 17.7 Å². The van der Waals surface area contributed by atoms with Gasteiger partial charge in [-0.25, -0.2) is 4.98 Å². The molecule has 1 saturated heterocycles. The zero-order chi connectivity index (χ0) is 27.4. The molecule has 0 bridgehead atoms. The van der Waals surface area contributed by atoms with Gasteiger partial charge in [0.1, 0.15) is 11.5 Å². The Morgan fingerprint density at radius 2 is 1.71 bits per heavy atom. The van der Waals surface area contributed by atoms with Crippen LogP contribution < -0.4 is 9.64 Å². The van der Waals surface area contributed by atoms with E-state index in [4.69, 9.17) is 9.72 Å². The van der Waals surface area contributed by atoms with Crippen LogP contribution in [0.5, 0.6) is 5.75 Å². The molecule has 6 nitrogen and oxygen atoms in total. The Morgan fingerprint density at radius 1 is 1.00 bits per heavy atom. The maximum atomic E-state index is 13.6. The van der Waals surface area contributed by atoms with Crippen molar-refractivity contribution in [3.05, 3.63) is 94.1 Å². The van der Waals surface area contributed by atoms with Crippen LogP contribution in [0.4, 0.5) is 5.13 Å². The van der Waals surface area contributed by atoms with Crippen molar-refractivity contribution >= 4 is 44.1 Å². The maximum absolute atomic E-state index is 13.6. The monoisotopic (exact) mass is 526 g/mol. The Kier molecular flexibility index (Phi) is 6.35. The number of hydrogen-bond donors (Lipinski definition) is 1. The first-order valence-corrected chi connectivity index (χ1v) is 13.2. The number of aromatic nitrogens is 1.